The number of hydrogen-bond acceptors (Lipinski definition) is 3. The molecule has 0 amide bonds. The highest BCUT2D eigenvalue weighted by Crippen LogP contribution is 2.32. The molecular formula is C13H15Cl2NO4S. The van der Waals surface area contributed by atoms with Gasteiger partial charge in [0, 0.05) is 6.04 Å². The van der Waals surface area contributed by atoms with Crippen LogP contribution in [0.5, 0.6) is 0 Å². The number of halogens is 2. The zero-order chi connectivity index (χ0) is 15.8. The van der Waals surface area contributed by atoms with E-state index in [0.29, 0.717) is 5.92 Å². The average Bonchev–Trinajstić information content (AvgIpc) is 2.23. The highest BCUT2D eigenvalue weighted by Gasteiger charge is 2.29. The summed E-state index contributed by atoms with van der Waals surface area (Å²) in [6.07, 6.45) is 3.07. The van der Waals surface area contributed by atoms with E-state index in [1.54, 1.807) is 6.92 Å². The van der Waals surface area contributed by atoms with Gasteiger partial charge in [-0.3, -0.25) is 0 Å². The van der Waals surface area contributed by atoms with Crippen LogP contribution in [0.3, 0.4) is 0 Å². The number of nitrogens with one attached hydrogen (secondary N) is 1. The van der Waals surface area contributed by atoms with Gasteiger partial charge >= 0.3 is 5.97 Å². The minimum atomic E-state index is -3.89. The molecule has 8 heteroatoms. The minimum absolute atomic E-state index is 0.0986. The molecule has 1 fully saturated rings. The highest BCUT2D eigenvalue weighted by atomic mass is 35.5. The molecule has 0 spiro atoms. The number of rotatable bonds is 5. The summed E-state index contributed by atoms with van der Waals surface area (Å²) in [6, 6.07) is 1.90. The Morgan fingerprint density at radius 3 is 2.43 bits per heavy atom. The summed E-state index contributed by atoms with van der Waals surface area (Å²) in [5, 5.41) is 8.82. The molecular weight excluding hydrogens is 337 g/mol. The molecule has 0 heterocycles. The number of carbonyl (C=O) groups is 1. The average molecular weight is 352 g/mol. The lowest BCUT2D eigenvalue weighted by atomic mass is 9.81. The monoisotopic (exact) mass is 351 g/mol. The van der Waals surface area contributed by atoms with Gasteiger partial charge in [0.25, 0.3) is 0 Å². The molecule has 1 saturated carbocycles. The van der Waals surface area contributed by atoms with Crippen molar-refractivity contribution >= 4 is 39.2 Å². The molecule has 21 heavy (non-hydrogen) atoms. The topological polar surface area (TPSA) is 83.5 Å². The van der Waals surface area contributed by atoms with Gasteiger partial charge < -0.3 is 5.11 Å². The second kappa shape index (κ2) is 6.12. The normalized spacial score (nSPS) is 17.3. The van der Waals surface area contributed by atoms with Crippen molar-refractivity contribution < 1.29 is 18.3 Å². The number of carboxylic acid groups (broad SMARTS) is 1. The number of aromatic carboxylic acids is 1. The zero-order valence-electron chi connectivity index (χ0n) is 11.3. The van der Waals surface area contributed by atoms with Gasteiger partial charge in [0.05, 0.1) is 15.6 Å². The summed E-state index contributed by atoms with van der Waals surface area (Å²) in [7, 11) is -3.89. The molecule has 0 aromatic heterocycles. The molecule has 1 aromatic rings. The van der Waals surface area contributed by atoms with Gasteiger partial charge in [0.15, 0.2) is 0 Å². The predicted octanol–water partition coefficient (Wildman–Crippen LogP) is 3.16. The van der Waals surface area contributed by atoms with Crippen molar-refractivity contribution in [2.75, 3.05) is 0 Å². The van der Waals surface area contributed by atoms with Gasteiger partial charge in [-0.2, -0.15) is 0 Å². The predicted molar refractivity (Wildman–Crippen MR) is 80.5 cm³/mol. The molecule has 1 aromatic carbocycles. The van der Waals surface area contributed by atoms with E-state index < -0.39 is 16.0 Å². The van der Waals surface area contributed by atoms with Crippen molar-refractivity contribution in [3.05, 3.63) is 27.7 Å². The van der Waals surface area contributed by atoms with E-state index >= 15 is 0 Å². The number of benzene rings is 1. The summed E-state index contributed by atoms with van der Waals surface area (Å²) >= 11 is 11.7. The fourth-order valence-corrected chi connectivity index (χ4v) is 4.41. The van der Waals surface area contributed by atoms with Crippen LogP contribution in [0.2, 0.25) is 10.0 Å². The first-order valence-electron chi connectivity index (χ1n) is 6.47. The van der Waals surface area contributed by atoms with E-state index in [9.17, 15) is 13.2 Å². The Morgan fingerprint density at radius 1 is 1.33 bits per heavy atom. The van der Waals surface area contributed by atoms with E-state index in [0.717, 1.165) is 31.4 Å². The lowest BCUT2D eigenvalue weighted by Crippen LogP contribution is -2.40. The van der Waals surface area contributed by atoms with E-state index in [1.807, 2.05) is 0 Å². The van der Waals surface area contributed by atoms with Gasteiger partial charge in [-0.25, -0.2) is 17.9 Å². The molecule has 1 aliphatic rings. The van der Waals surface area contributed by atoms with Gasteiger partial charge in [-0.15, -0.1) is 0 Å². The second-order valence-corrected chi connectivity index (χ2v) is 7.67. The van der Waals surface area contributed by atoms with Gasteiger partial charge in [0.2, 0.25) is 10.0 Å². The van der Waals surface area contributed by atoms with Crippen LogP contribution in [-0.2, 0) is 10.0 Å². The molecule has 5 nitrogen and oxygen atoms in total. The molecule has 1 atom stereocenters. The van der Waals surface area contributed by atoms with Crippen LogP contribution in [-0.4, -0.2) is 25.5 Å². The fourth-order valence-electron chi connectivity index (χ4n) is 2.24. The molecule has 116 valence electrons. The van der Waals surface area contributed by atoms with Crippen LogP contribution in [0.15, 0.2) is 17.0 Å². The van der Waals surface area contributed by atoms with Crippen molar-refractivity contribution in [3.8, 4) is 0 Å². The van der Waals surface area contributed by atoms with Crippen molar-refractivity contribution in [1.29, 1.82) is 0 Å². The minimum Gasteiger partial charge on any atom is -0.478 e. The second-order valence-electron chi connectivity index (χ2n) is 5.17. The number of carboxylic acids is 1. The maximum Gasteiger partial charge on any atom is 0.337 e. The standard InChI is InChI=1S/C13H15Cl2NO4S/c1-7(8-3-2-4-8)16-21(19,20)12-5-9(13(17)18)10(14)6-11(12)15/h5-8,16H,2-4H2,1H3,(H,17,18). The Bertz CT molecular complexity index is 671. The molecule has 2 N–H and O–H groups in total. The lowest BCUT2D eigenvalue weighted by Gasteiger charge is -2.31. The summed E-state index contributed by atoms with van der Waals surface area (Å²) in [5.41, 5.74) is -0.294. The Hall–Kier alpha value is -0.820. The quantitative estimate of drug-likeness (QED) is 0.853. The first-order chi connectivity index (χ1) is 9.72. The van der Waals surface area contributed by atoms with Crippen LogP contribution in [0, 0.1) is 5.92 Å². The Labute approximate surface area is 133 Å². The Kier molecular flexibility index (Phi) is 4.82. The summed E-state index contributed by atoms with van der Waals surface area (Å²) < 4.78 is 27.3. The Morgan fingerprint density at radius 2 is 1.95 bits per heavy atom. The molecule has 1 unspecified atom stereocenters. The van der Waals surface area contributed by atoms with E-state index in [2.05, 4.69) is 4.72 Å². The van der Waals surface area contributed by atoms with Crippen LogP contribution < -0.4 is 4.72 Å². The Balaban J connectivity index is 2.34. The van der Waals surface area contributed by atoms with Crippen molar-refractivity contribution in [2.45, 2.75) is 37.1 Å². The van der Waals surface area contributed by atoms with Crippen molar-refractivity contribution in [1.82, 2.24) is 4.72 Å². The third-order valence-electron chi connectivity index (χ3n) is 3.74. The largest absolute Gasteiger partial charge is 0.478 e. The van der Waals surface area contributed by atoms with Gasteiger partial charge in [-0.1, -0.05) is 29.6 Å². The van der Waals surface area contributed by atoms with E-state index in [1.165, 1.54) is 0 Å². The van der Waals surface area contributed by atoms with Gasteiger partial charge in [0.1, 0.15) is 4.90 Å². The summed E-state index contributed by atoms with van der Waals surface area (Å²) in [5.74, 6) is -0.995. The van der Waals surface area contributed by atoms with Crippen LogP contribution in [0.25, 0.3) is 0 Å². The first kappa shape index (κ1) is 16.5. The van der Waals surface area contributed by atoms with Crippen LogP contribution in [0.4, 0.5) is 0 Å². The maximum atomic E-state index is 12.4. The maximum absolute atomic E-state index is 12.4. The highest BCUT2D eigenvalue weighted by molar-refractivity contribution is 7.89. The lowest BCUT2D eigenvalue weighted by molar-refractivity contribution is 0.0697. The van der Waals surface area contributed by atoms with Crippen LogP contribution in [0.1, 0.15) is 36.5 Å². The molecule has 0 bridgehead atoms. The first-order valence-corrected chi connectivity index (χ1v) is 8.71. The van der Waals surface area contributed by atoms with Crippen LogP contribution >= 0.6 is 23.2 Å². The van der Waals surface area contributed by atoms with Gasteiger partial charge in [-0.05, 0) is 37.8 Å². The number of sulfonamides is 1. The van der Waals surface area contributed by atoms with Crippen molar-refractivity contribution in [3.63, 3.8) is 0 Å². The summed E-state index contributed by atoms with van der Waals surface area (Å²) in [6.45, 7) is 1.79. The third kappa shape index (κ3) is 3.51. The van der Waals surface area contributed by atoms with E-state index in [-0.39, 0.29) is 26.5 Å². The van der Waals surface area contributed by atoms with Crippen molar-refractivity contribution in [2.24, 2.45) is 5.92 Å². The number of hydrogen-bond donors (Lipinski definition) is 2. The molecule has 0 radical (unpaired) electrons. The smallest absolute Gasteiger partial charge is 0.337 e. The zero-order valence-corrected chi connectivity index (χ0v) is 13.6. The third-order valence-corrected chi connectivity index (χ3v) is 6.08. The molecule has 0 aliphatic heterocycles. The summed E-state index contributed by atoms with van der Waals surface area (Å²) in [4.78, 5) is 10.8. The SMILES string of the molecule is CC(NS(=O)(=O)c1cc(C(=O)O)c(Cl)cc1Cl)C1CCC1. The molecule has 0 saturated heterocycles. The molecule has 1 aliphatic carbocycles. The van der Waals surface area contributed by atoms with E-state index in [4.69, 9.17) is 28.3 Å². The fraction of sp³-hybridized carbons (Fsp3) is 0.462. The molecule has 2 rings (SSSR count).